The first-order chi connectivity index (χ1) is 13.5. The van der Waals surface area contributed by atoms with E-state index in [1.807, 2.05) is 34.1 Å². The number of rotatable bonds is 2. The van der Waals surface area contributed by atoms with Crippen molar-refractivity contribution in [1.29, 1.82) is 0 Å². The van der Waals surface area contributed by atoms with Crippen LogP contribution in [0.25, 0.3) is 0 Å². The first kappa shape index (κ1) is 18.8. The van der Waals surface area contributed by atoms with Crippen molar-refractivity contribution in [3.63, 3.8) is 0 Å². The molecule has 1 saturated carbocycles. The smallest absolute Gasteiger partial charge is 0.254 e. The molecule has 1 saturated heterocycles. The van der Waals surface area contributed by atoms with Crippen molar-refractivity contribution in [3.05, 3.63) is 29.8 Å². The number of hydrogen-bond acceptors (Lipinski definition) is 6. The monoisotopic (exact) mass is 382 g/mol. The van der Waals surface area contributed by atoms with Gasteiger partial charge in [-0.15, -0.1) is 0 Å². The Labute approximate surface area is 166 Å². The zero-order valence-corrected chi connectivity index (χ0v) is 16.6. The highest BCUT2D eigenvalue weighted by Gasteiger charge is 2.42. The largest absolute Gasteiger partial charge is 0.369 e. The van der Waals surface area contributed by atoms with Crippen molar-refractivity contribution < 1.29 is 4.79 Å². The highest BCUT2D eigenvalue weighted by atomic mass is 16.2. The molecule has 2 heterocycles. The third-order valence-corrected chi connectivity index (χ3v) is 6.29. The number of guanidine groups is 2. The van der Waals surface area contributed by atoms with Gasteiger partial charge in [0.1, 0.15) is 5.66 Å². The van der Waals surface area contributed by atoms with E-state index in [-0.39, 0.29) is 11.9 Å². The van der Waals surface area contributed by atoms with E-state index >= 15 is 0 Å². The second-order valence-electron chi connectivity index (χ2n) is 8.21. The third-order valence-electron chi connectivity index (χ3n) is 6.29. The molecule has 7 heteroatoms. The average molecular weight is 383 g/mol. The molecule has 0 aromatic heterocycles. The molecule has 1 atom stereocenters. The van der Waals surface area contributed by atoms with Gasteiger partial charge in [-0.1, -0.05) is 6.42 Å². The highest BCUT2D eigenvalue weighted by molar-refractivity contribution is 6.06. The molecular formula is C21H30N6O. The molecule has 0 radical (unpaired) electrons. The number of nitrogens with two attached hydrogens (primary N) is 2. The summed E-state index contributed by atoms with van der Waals surface area (Å²) in [5, 5.41) is 0. The number of hydrogen-bond donors (Lipinski definition) is 2. The van der Waals surface area contributed by atoms with Crippen LogP contribution in [-0.2, 0) is 0 Å². The molecule has 1 aromatic rings. The Morgan fingerprint density at radius 1 is 1.07 bits per heavy atom. The van der Waals surface area contributed by atoms with Crippen LogP contribution in [0.3, 0.4) is 0 Å². The third kappa shape index (κ3) is 3.34. The second kappa shape index (κ2) is 7.45. The molecule has 1 aliphatic carbocycles. The molecule has 150 valence electrons. The van der Waals surface area contributed by atoms with Crippen LogP contribution in [0.2, 0.25) is 0 Å². The zero-order chi connectivity index (χ0) is 19.7. The fourth-order valence-corrected chi connectivity index (χ4v) is 4.81. The summed E-state index contributed by atoms with van der Waals surface area (Å²) >= 11 is 0. The number of piperidine rings is 1. The van der Waals surface area contributed by atoms with Crippen LogP contribution in [0, 0.1) is 0 Å². The number of benzene rings is 1. The first-order valence-corrected chi connectivity index (χ1v) is 10.4. The Hall–Kier alpha value is -2.57. The second-order valence-corrected chi connectivity index (χ2v) is 8.21. The molecule has 4 rings (SSSR count). The van der Waals surface area contributed by atoms with Crippen molar-refractivity contribution >= 4 is 23.5 Å². The van der Waals surface area contributed by atoms with Gasteiger partial charge in [0.25, 0.3) is 5.91 Å². The number of likely N-dealkylation sites (tertiary alicyclic amines) is 1. The molecule has 1 spiro atoms. The van der Waals surface area contributed by atoms with Gasteiger partial charge in [-0.05, 0) is 76.1 Å². The van der Waals surface area contributed by atoms with Crippen molar-refractivity contribution in [2.24, 2.45) is 21.5 Å². The molecule has 28 heavy (non-hydrogen) atoms. The van der Waals surface area contributed by atoms with Crippen molar-refractivity contribution in [3.8, 4) is 0 Å². The highest BCUT2D eigenvalue weighted by Crippen LogP contribution is 2.39. The zero-order valence-electron chi connectivity index (χ0n) is 16.6. The van der Waals surface area contributed by atoms with Gasteiger partial charge in [0.05, 0.1) is 0 Å². The molecule has 7 nitrogen and oxygen atoms in total. The van der Waals surface area contributed by atoms with E-state index in [1.165, 1.54) is 12.8 Å². The van der Waals surface area contributed by atoms with E-state index < -0.39 is 5.66 Å². The van der Waals surface area contributed by atoms with Gasteiger partial charge in [0, 0.05) is 23.8 Å². The van der Waals surface area contributed by atoms with Gasteiger partial charge in [-0.25, -0.2) is 4.99 Å². The SMILES string of the molecule is CC1CCCCN1C(=O)c1ccc(N2C(N)=NC(N)=NC23CCCCC3)cc1. The van der Waals surface area contributed by atoms with Gasteiger partial charge in [0.2, 0.25) is 11.9 Å². The van der Waals surface area contributed by atoms with Crippen molar-refractivity contribution in [2.45, 2.75) is 70.0 Å². The molecule has 0 bridgehead atoms. The topological polar surface area (TPSA) is 100 Å². The quantitative estimate of drug-likeness (QED) is 0.821. The van der Waals surface area contributed by atoms with Gasteiger partial charge >= 0.3 is 0 Å². The summed E-state index contributed by atoms with van der Waals surface area (Å²) in [5.41, 5.74) is 13.4. The number of nitrogens with zero attached hydrogens (tertiary/aromatic N) is 4. The number of aliphatic imine (C=N–C) groups is 2. The number of amides is 1. The summed E-state index contributed by atoms with van der Waals surface area (Å²) in [4.78, 5) is 25.8. The van der Waals surface area contributed by atoms with E-state index in [0.717, 1.165) is 50.8 Å². The summed E-state index contributed by atoms with van der Waals surface area (Å²) in [5.74, 6) is 0.730. The van der Waals surface area contributed by atoms with Crippen LogP contribution in [0.5, 0.6) is 0 Å². The molecular weight excluding hydrogens is 352 g/mol. The fourth-order valence-electron chi connectivity index (χ4n) is 4.81. The van der Waals surface area contributed by atoms with E-state index in [2.05, 4.69) is 11.9 Å². The summed E-state index contributed by atoms with van der Waals surface area (Å²) in [6, 6.07) is 8.00. The standard InChI is InChI=1S/C21H30N6O/c1-15-7-3-6-14-26(15)18(28)16-8-10-17(11-9-16)27-20(23)24-19(22)25-21(27)12-4-2-5-13-21/h8-11,15H,2-7,12-14H2,1H3,(H4,22,23,24,25). The van der Waals surface area contributed by atoms with Crippen LogP contribution in [0.15, 0.2) is 34.3 Å². The molecule has 2 aliphatic heterocycles. The van der Waals surface area contributed by atoms with Gasteiger partial charge in [-0.2, -0.15) is 4.99 Å². The lowest BCUT2D eigenvalue weighted by Crippen LogP contribution is -2.58. The van der Waals surface area contributed by atoms with Crippen molar-refractivity contribution in [2.75, 3.05) is 11.4 Å². The molecule has 1 amide bonds. The fraction of sp³-hybridized carbons (Fsp3) is 0.571. The predicted molar refractivity (Wildman–Crippen MR) is 112 cm³/mol. The lowest BCUT2D eigenvalue weighted by molar-refractivity contribution is 0.0635. The van der Waals surface area contributed by atoms with Crippen LogP contribution in [0.1, 0.15) is 68.6 Å². The lowest BCUT2D eigenvalue weighted by atomic mass is 9.87. The summed E-state index contributed by atoms with van der Waals surface area (Å²) in [6.07, 6.45) is 8.52. The summed E-state index contributed by atoms with van der Waals surface area (Å²) in [6.45, 7) is 2.97. The Morgan fingerprint density at radius 3 is 2.46 bits per heavy atom. The van der Waals surface area contributed by atoms with Crippen LogP contribution >= 0.6 is 0 Å². The predicted octanol–water partition coefficient (Wildman–Crippen LogP) is 2.81. The average Bonchev–Trinajstić information content (AvgIpc) is 2.68. The number of anilines is 1. The minimum Gasteiger partial charge on any atom is -0.369 e. The summed E-state index contributed by atoms with van der Waals surface area (Å²) < 4.78 is 0. The van der Waals surface area contributed by atoms with Crippen LogP contribution in [-0.4, -0.2) is 41.0 Å². The maximum atomic E-state index is 12.9. The van der Waals surface area contributed by atoms with Gasteiger partial charge in [0.15, 0.2) is 0 Å². The maximum absolute atomic E-state index is 12.9. The number of carbonyl (C=O) groups excluding carboxylic acids is 1. The lowest BCUT2D eigenvalue weighted by Gasteiger charge is -2.45. The number of carbonyl (C=O) groups is 1. The van der Waals surface area contributed by atoms with E-state index in [0.29, 0.717) is 17.6 Å². The minimum absolute atomic E-state index is 0.105. The summed E-state index contributed by atoms with van der Waals surface area (Å²) in [7, 11) is 0. The molecule has 4 N–H and O–H groups in total. The van der Waals surface area contributed by atoms with Crippen LogP contribution < -0.4 is 16.4 Å². The Bertz CT molecular complexity index is 794. The van der Waals surface area contributed by atoms with Crippen molar-refractivity contribution in [1.82, 2.24) is 4.90 Å². The molecule has 2 fully saturated rings. The molecule has 1 unspecified atom stereocenters. The minimum atomic E-state index is -0.457. The Kier molecular flexibility index (Phi) is 5.00. The molecule has 3 aliphatic rings. The van der Waals surface area contributed by atoms with E-state index in [4.69, 9.17) is 16.5 Å². The van der Waals surface area contributed by atoms with Crippen LogP contribution in [0.4, 0.5) is 5.69 Å². The Balaban J connectivity index is 1.60. The molecule has 1 aromatic carbocycles. The van der Waals surface area contributed by atoms with Gasteiger partial charge in [-0.3, -0.25) is 9.69 Å². The van der Waals surface area contributed by atoms with E-state index in [1.54, 1.807) is 0 Å². The first-order valence-electron chi connectivity index (χ1n) is 10.4. The van der Waals surface area contributed by atoms with E-state index in [9.17, 15) is 4.79 Å². The maximum Gasteiger partial charge on any atom is 0.254 e. The normalized spacial score (nSPS) is 24.7. The van der Waals surface area contributed by atoms with Gasteiger partial charge < -0.3 is 16.4 Å². The Morgan fingerprint density at radius 2 is 1.79 bits per heavy atom.